The Balaban J connectivity index is 0.00000208. The van der Waals surface area contributed by atoms with Crippen molar-refractivity contribution < 1.29 is 14.6 Å². The van der Waals surface area contributed by atoms with Crippen LogP contribution in [0, 0.1) is 6.92 Å². The van der Waals surface area contributed by atoms with E-state index in [1.54, 1.807) is 7.11 Å². The monoisotopic (exact) mass is 348 g/mol. The second-order valence-corrected chi connectivity index (χ2v) is 5.68. The van der Waals surface area contributed by atoms with E-state index in [0.29, 0.717) is 6.42 Å². The number of methoxy groups -OCH3 is 1. The summed E-state index contributed by atoms with van der Waals surface area (Å²) in [7, 11) is 1.66. The molecule has 5 nitrogen and oxygen atoms in total. The standard InChI is InChI=1S/C18H20N2O3.ClH/c1-12-18-15(8-9-19-12)14-7-6-13(23-2)11-16(14)20(18)10-4-3-5-17(21)22;/h6-9,11H,3-5,10H2,1-2H3,(H,21,22);1H. The number of nitrogens with zero attached hydrogens (tertiary/aromatic N) is 2. The van der Waals surface area contributed by atoms with Gasteiger partial charge in [-0.05, 0) is 38.0 Å². The number of unbranched alkanes of at least 4 members (excludes halogenated alkanes) is 1. The molecule has 3 aromatic rings. The van der Waals surface area contributed by atoms with E-state index in [2.05, 4.69) is 15.6 Å². The maximum absolute atomic E-state index is 10.7. The van der Waals surface area contributed by atoms with Crippen LogP contribution in [0.4, 0.5) is 0 Å². The minimum atomic E-state index is -0.744. The first-order valence-corrected chi connectivity index (χ1v) is 7.75. The van der Waals surface area contributed by atoms with Gasteiger partial charge in [0, 0.05) is 36.0 Å². The zero-order chi connectivity index (χ0) is 16.4. The SMILES string of the molecule is COc1ccc2c3ccnc(C)c3n(CCCCC(=O)O)c2c1.Cl. The average Bonchev–Trinajstić information content (AvgIpc) is 2.86. The van der Waals surface area contributed by atoms with Crippen LogP contribution in [-0.4, -0.2) is 27.7 Å². The molecule has 0 bridgehead atoms. The largest absolute Gasteiger partial charge is 0.497 e. The third-order valence-corrected chi connectivity index (χ3v) is 4.19. The molecule has 1 aromatic carbocycles. The minimum Gasteiger partial charge on any atom is -0.497 e. The number of benzene rings is 1. The van der Waals surface area contributed by atoms with Gasteiger partial charge in [0.25, 0.3) is 0 Å². The molecule has 0 saturated carbocycles. The van der Waals surface area contributed by atoms with E-state index in [1.807, 2.05) is 31.3 Å². The molecule has 0 aliphatic heterocycles. The smallest absolute Gasteiger partial charge is 0.303 e. The first-order chi connectivity index (χ1) is 11.1. The number of rotatable bonds is 6. The quantitative estimate of drug-likeness (QED) is 0.678. The van der Waals surface area contributed by atoms with Gasteiger partial charge in [-0.1, -0.05) is 0 Å². The van der Waals surface area contributed by atoms with E-state index >= 15 is 0 Å². The Morgan fingerprint density at radius 2 is 2.04 bits per heavy atom. The maximum Gasteiger partial charge on any atom is 0.303 e. The van der Waals surface area contributed by atoms with Crippen LogP contribution < -0.4 is 4.74 Å². The van der Waals surface area contributed by atoms with E-state index in [4.69, 9.17) is 9.84 Å². The van der Waals surface area contributed by atoms with Gasteiger partial charge in [-0.2, -0.15) is 0 Å². The number of pyridine rings is 1. The van der Waals surface area contributed by atoms with Gasteiger partial charge in [-0.3, -0.25) is 9.78 Å². The normalized spacial score (nSPS) is 10.8. The van der Waals surface area contributed by atoms with Crippen LogP contribution in [0.3, 0.4) is 0 Å². The predicted molar refractivity (Wildman–Crippen MR) is 97.3 cm³/mol. The molecule has 0 fully saturated rings. The van der Waals surface area contributed by atoms with Gasteiger partial charge in [-0.25, -0.2) is 0 Å². The summed E-state index contributed by atoms with van der Waals surface area (Å²) < 4.78 is 7.59. The zero-order valence-electron chi connectivity index (χ0n) is 13.8. The molecule has 0 aliphatic rings. The van der Waals surface area contributed by atoms with E-state index < -0.39 is 5.97 Å². The van der Waals surface area contributed by atoms with Crippen LogP contribution in [0.5, 0.6) is 5.75 Å². The number of halogens is 1. The molecule has 2 heterocycles. The van der Waals surface area contributed by atoms with E-state index in [9.17, 15) is 4.79 Å². The van der Waals surface area contributed by atoms with Gasteiger partial charge in [0.2, 0.25) is 0 Å². The van der Waals surface area contributed by atoms with Crippen LogP contribution in [-0.2, 0) is 11.3 Å². The summed E-state index contributed by atoms with van der Waals surface area (Å²) in [5, 5.41) is 11.1. The number of carbonyl (C=O) groups is 1. The van der Waals surface area contributed by atoms with Crippen molar-refractivity contribution in [3.63, 3.8) is 0 Å². The lowest BCUT2D eigenvalue weighted by Gasteiger charge is -2.09. The Bertz CT molecular complexity index is 873. The molecular formula is C18H21ClN2O3. The number of carboxylic acids is 1. The fourth-order valence-electron chi connectivity index (χ4n) is 3.10. The molecule has 0 atom stereocenters. The Morgan fingerprint density at radius 3 is 2.75 bits per heavy atom. The summed E-state index contributed by atoms with van der Waals surface area (Å²) >= 11 is 0. The number of fused-ring (bicyclic) bond motifs is 3. The second-order valence-electron chi connectivity index (χ2n) is 5.68. The highest BCUT2D eigenvalue weighted by atomic mass is 35.5. The fourth-order valence-corrected chi connectivity index (χ4v) is 3.10. The molecule has 24 heavy (non-hydrogen) atoms. The highest BCUT2D eigenvalue weighted by Crippen LogP contribution is 2.32. The molecule has 0 spiro atoms. The van der Waals surface area contributed by atoms with Gasteiger partial charge in [0.15, 0.2) is 0 Å². The molecule has 0 unspecified atom stereocenters. The number of aryl methyl sites for hydroxylation is 2. The first kappa shape index (κ1) is 18.1. The lowest BCUT2D eigenvalue weighted by atomic mass is 10.1. The molecule has 2 aromatic heterocycles. The molecule has 0 amide bonds. The van der Waals surface area contributed by atoms with Gasteiger partial charge >= 0.3 is 5.97 Å². The van der Waals surface area contributed by atoms with E-state index in [-0.39, 0.29) is 18.8 Å². The van der Waals surface area contributed by atoms with Crippen LogP contribution >= 0.6 is 12.4 Å². The molecular weight excluding hydrogens is 328 g/mol. The molecule has 0 radical (unpaired) electrons. The number of aliphatic carboxylic acids is 1. The van der Waals surface area contributed by atoms with Crippen molar-refractivity contribution in [2.45, 2.75) is 32.7 Å². The highest BCUT2D eigenvalue weighted by Gasteiger charge is 2.13. The van der Waals surface area contributed by atoms with Crippen LogP contribution in [0.25, 0.3) is 21.8 Å². The molecule has 128 valence electrons. The van der Waals surface area contributed by atoms with Crippen molar-refractivity contribution >= 4 is 40.2 Å². The maximum atomic E-state index is 10.7. The van der Waals surface area contributed by atoms with Crippen molar-refractivity contribution in [2.24, 2.45) is 0 Å². The summed E-state index contributed by atoms with van der Waals surface area (Å²) in [6.07, 6.45) is 3.52. The third-order valence-electron chi connectivity index (χ3n) is 4.19. The molecule has 3 rings (SSSR count). The lowest BCUT2D eigenvalue weighted by Crippen LogP contribution is -2.01. The first-order valence-electron chi connectivity index (χ1n) is 7.75. The van der Waals surface area contributed by atoms with Crippen molar-refractivity contribution in [1.29, 1.82) is 0 Å². The van der Waals surface area contributed by atoms with Crippen molar-refractivity contribution in [2.75, 3.05) is 7.11 Å². The minimum absolute atomic E-state index is 0. The van der Waals surface area contributed by atoms with Crippen LogP contribution in [0.15, 0.2) is 30.5 Å². The summed E-state index contributed by atoms with van der Waals surface area (Å²) in [6, 6.07) is 8.10. The van der Waals surface area contributed by atoms with Crippen LogP contribution in [0.1, 0.15) is 25.0 Å². The van der Waals surface area contributed by atoms with Gasteiger partial charge in [0.05, 0.1) is 23.8 Å². The Labute approximate surface area is 146 Å². The summed E-state index contributed by atoms with van der Waals surface area (Å²) in [4.78, 5) is 15.1. The molecule has 0 aliphatic carbocycles. The molecule has 6 heteroatoms. The van der Waals surface area contributed by atoms with Gasteiger partial charge < -0.3 is 14.4 Å². The second kappa shape index (κ2) is 7.53. The lowest BCUT2D eigenvalue weighted by molar-refractivity contribution is -0.137. The Hall–Kier alpha value is -2.27. The van der Waals surface area contributed by atoms with E-state index in [1.165, 1.54) is 10.8 Å². The number of hydrogen-bond donors (Lipinski definition) is 1. The summed E-state index contributed by atoms with van der Waals surface area (Å²) in [5.74, 6) is 0.0736. The topological polar surface area (TPSA) is 64.4 Å². The van der Waals surface area contributed by atoms with Crippen molar-refractivity contribution in [3.05, 3.63) is 36.2 Å². The number of carboxylic acid groups (broad SMARTS) is 1. The third kappa shape index (κ3) is 3.31. The van der Waals surface area contributed by atoms with Gasteiger partial charge in [-0.15, -0.1) is 12.4 Å². The van der Waals surface area contributed by atoms with Crippen molar-refractivity contribution in [3.8, 4) is 5.75 Å². The van der Waals surface area contributed by atoms with Crippen LogP contribution in [0.2, 0.25) is 0 Å². The van der Waals surface area contributed by atoms with E-state index in [0.717, 1.165) is 35.4 Å². The zero-order valence-corrected chi connectivity index (χ0v) is 14.6. The molecule has 1 N–H and O–H groups in total. The Kier molecular flexibility index (Phi) is 5.67. The van der Waals surface area contributed by atoms with Crippen molar-refractivity contribution in [1.82, 2.24) is 9.55 Å². The van der Waals surface area contributed by atoms with Gasteiger partial charge in [0.1, 0.15) is 5.75 Å². The summed E-state index contributed by atoms with van der Waals surface area (Å²) in [6.45, 7) is 2.78. The highest BCUT2D eigenvalue weighted by molar-refractivity contribution is 6.09. The summed E-state index contributed by atoms with van der Waals surface area (Å²) in [5.41, 5.74) is 3.20. The predicted octanol–water partition coefficient (Wildman–Crippen LogP) is 4.18. The average molecular weight is 349 g/mol. The number of ether oxygens (including phenoxy) is 1. The number of aromatic nitrogens is 2. The molecule has 0 saturated heterocycles. The fraction of sp³-hybridized carbons (Fsp3) is 0.333. The number of hydrogen-bond acceptors (Lipinski definition) is 3. The Morgan fingerprint density at radius 1 is 1.25 bits per heavy atom.